The van der Waals surface area contributed by atoms with Crippen molar-refractivity contribution in [3.63, 3.8) is 0 Å². The fourth-order valence-electron chi connectivity index (χ4n) is 6.15. The normalized spacial score (nSPS) is 22.0. The van der Waals surface area contributed by atoms with Crippen LogP contribution in [0.3, 0.4) is 0 Å². The average molecular weight is 603 g/mol. The average Bonchev–Trinajstić information content (AvgIpc) is 3.94. The molecule has 3 fully saturated rings. The summed E-state index contributed by atoms with van der Waals surface area (Å²) in [5.74, 6) is 1.75. The van der Waals surface area contributed by atoms with E-state index in [-0.39, 0.29) is 24.2 Å². The third-order valence-corrected chi connectivity index (χ3v) is 8.95. The molecule has 2 heterocycles. The number of hydrogen-bond donors (Lipinski definition) is 0. The number of nitrogens with zero attached hydrogens (tertiary/aromatic N) is 2. The number of ether oxygens (including phenoxy) is 4. The number of hydrogen-bond acceptors (Lipinski definition) is 7. The van der Waals surface area contributed by atoms with E-state index in [1.165, 1.54) is 12.8 Å². The number of benzene rings is 2. The maximum atomic E-state index is 13.2. The van der Waals surface area contributed by atoms with Crippen LogP contribution >= 0.6 is 0 Å². The number of aryl methyl sites for hydroxylation is 1. The number of amides is 1. The number of fused-ring (bicyclic) bond motifs is 1. The molecule has 4 aliphatic rings. The van der Waals surface area contributed by atoms with Crippen LogP contribution < -0.4 is 20.1 Å². The van der Waals surface area contributed by atoms with E-state index in [1.54, 1.807) is 12.0 Å². The molecular formula is C36H46N2O6. The van der Waals surface area contributed by atoms with Gasteiger partial charge in [0.15, 0.2) is 0 Å². The lowest BCUT2D eigenvalue weighted by atomic mass is 9.92. The zero-order chi connectivity index (χ0) is 31.0. The summed E-state index contributed by atoms with van der Waals surface area (Å²) in [6.07, 6.45) is 10.7. The van der Waals surface area contributed by atoms with Crippen LogP contribution in [-0.2, 0) is 14.2 Å². The molecule has 0 unspecified atom stereocenters. The highest BCUT2D eigenvalue weighted by atomic mass is 16.6. The Bertz CT molecular complexity index is 1500. The van der Waals surface area contributed by atoms with Gasteiger partial charge in [-0.15, -0.1) is 0 Å². The summed E-state index contributed by atoms with van der Waals surface area (Å²) in [5.41, 5.74) is 2.94. The Labute approximate surface area is 260 Å². The van der Waals surface area contributed by atoms with E-state index in [0.717, 1.165) is 71.8 Å². The van der Waals surface area contributed by atoms with Gasteiger partial charge in [0, 0.05) is 36.3 Å². The molecular weight excluding hydrogens is 556 g/mol. The molecule has 2 aliphatic carbocycles. The summed E-state index contributed by atoms with van der Waals surface area (Å²) < 4.78 is 23.5. The summed E-state index contributed by atoms with van der Waals surface area (Å²) in [6, 6.07) is 9.92. The molecule has 0 spiro atoms. The zero-order valence-electron chi connectivity index (χ0n) is 26.8. The first-order valence-electron chi connectivity index (χ1n) is 16.1. The van der Waals surface area contributed by atoms with Crippen molar-refractivity contribution in [2.45, 2.75) is 84.0 Å². The maximum absolute atomic E-state index is 13.2. The van der Waals surface area contributed by atoms with Crippen molar-refractivity contribution in [3.8, 4) is 5.75 Å². The molecule has 1 amide bonds. The molecule has 2 aliphatic heterocycles. The number of likely N-dealkylation sites (tertiary alicyclic amines) is 1. The highest BCUT2D eigenvalue weighted by molar-refractivity contribution is 5.93. The van der Waals surface area contributed by atoms with Gasteiger partial charge in [0.1, 0.15) is 11.4 Å². The van der Waals surface area contributed by atoms with Crippen LogP contribution in [-0.4, -0.2) is 62.1 Å². The standard InChI is InChI=1S/C36H46N2O6/c1-23-18-32(41-5)30(29-15-17-38(33(23)29)35(40)44-36(2,3)4)20-37-16-14-28(42-21-24-6-7-24)19-31(37)26-10-12-27(13-11-26)34(39)43-22-25-8-9-25/h10-13,15,18,20,24-25,28,31H,6-9,14,16-17,19,21-22H2,1-5H3/t28-,31-/m0/s1. The lowest BCUT2D eigenvalue weighted by Crippen LogP contribution is -2.41. The molecule has 6 rings (SSSR count). The smallest absolute Gasteiger partial charge is 0.415 e. The summed E-state index contributed by atoms with van der Waals surface area (Å²) in [7, 11) is 1.69. The van der Waals surface area contributed by atoms with Crippen molar-refractivity contribution in [3.05, 3.63) is 57.5 Å². The number of anilines is 1. The maximum Gasteiger partial charge on any atom is 0.415 e. The molecule has 2 aromatic rings. The third kappa shape index (κ3) is 7.06. The number of piperidine rings is 1. The molecule has 8 nitrogen and oxygen atoms in total. The second-order valence-electron chi connectivity index (χ2n) is 13.8. The highest BCUT2D eigenvalue weighted by Crippen LogP contribution is 2.36. The minimum Gasteiger partial charge on any atom is -0.496 e. The van der Waals surface area contributed by atoms with Gasteiger partial charge in [-0.3, -0.25) is 4.90 Å². The van der Waals surface area contributed by atoms with Crippen LogP contribution in [0.15, 0.2) is 30.3 Å². The number of rotatable bonds is 9. The molecule has 8 heteroatoms. The molecule has 0 aromatic heterocycles. The zero-order valence-corrected chi connectivity index (χ0v) is 26.8. The topological polar surface area (TPSA) is 77.5 Å². The van der Waals surface area contributed by atoms with E-state index in [0.29, 0.717) is 30.6 Å². The summed E-state index contributed by atoms with van der Waals surface area (Å²) >= 11 is 0. The SMILES string of the molecule is COc1cc(C)c2c(c1=CN1CC[C@H](OCC3CC3)C[C@H]1c1ccc(C(=O)OCC3CC3)cc1)=CCN2C(=O)OC(C)(C)C. The second kappa shape index (κ2) is 12.5. The van der Waals surface area contributed by atoms with Crippen molar-refractivity contribution in [1.82, 2.24) is 4.90 Å². The first-order chi connectivity index (χ1) is 21.1. The van der Waals surface area contributed by atoms with Crippen molar-refractivity contribution in [2.75, 3.05) is 38.3 Å². The van der Waals surface area contributed by atoms with Crippen molar-refractivity contribution in [1.29, 1.82) is 0 Å². The minimum atomic E-state index is -0.586. The van der Waals surface area contributed by atoms with Crippen molar-refractivity contribution < 1.29 is 28.5 Å². The highest BCUT2D eigenvalue weighted by Gasteiger charge is 2.32. The van der Waals surface area contributed by atoms with Crippen molar-refractivity contribution in [2.24, 2.45) is 11.8 Å². The van der Waals surface area contributed by atoms with Gasteiger partial charge in [-0.05, 0) is 107 Å². The molecule has 0 N–H and O–H groups in total. The van der Waals surface area contributed by atoms with Crippen LogP contribution in [0.5, 0.6) is 5.75 Å². The van der Waals surface area contributed by atoms with Gasteiger partial charge < -0.3 is 23.8 Å². The number of esters is 1. The lowest BCUT2D eigenvalue weighted by molar-refractivity contribution is -0.00485. The fraction of sp³-hybridized carbons (Fsp3) is 0.556. The van der Waals surface area contributed by atoms with Gasteiger partial charge in [-0.25, -0.2) is 9.59 Å². The fourth-order valence-corrected chi connectivity index (χ4v) is 6.15. The predicted molar refractivity (Wildman–Crippen MR) is 170 cm³/mol. The second-order valence-corrected chi connectivity index (χ2v) is 13.8. The Balaban J connectivity index is 1.31. The largest absolute Gasteiger partial charge is 0.496 e. The number of carbonyl (C=O) groups excluding carboxylic acids is 2. The molecule has 2 saturated carbocycles. The first kappa shape index (κ1) is 30.5. The van der Waals surface area contributed by atoms with E-state index >= 15 is 0 Å². The van der Waals surface area contributed by atoms with E-state index in [9.17, 15) is 9.59 Å². The number of methoxy groups -OCH3 is 1. The van der Waals surface area contributed by atoms with Crippen LogP contribution in [0.4, 0.5) is 10.5 Å². The Hall–Kier alpha value is -3.52. The Morgan fingerprint density at radius 2 is 1.70 bits per heavy atom. The van der Waals surface area contributed by atoms with Gasteiger partial charge in [0.2, 0.25) is 0 Å². The molecule has 44 heavy (non-hydrogen) atoms. The van der Waals surface area contributed by atoms with Gasteiger partial charge in [-0.2, -0.15) is 0 Å². The van der Waals surface area contributed by atoms with Gasteiger partial charge in [0.05, 0.1) is 37.1 Å². The van der Waals surface area contributed by atoms with E-state index in [2.05, 4.69) is 29.3 Å². The molecule has 1 saturated heterocycles. The molecule has 2 aromatic carbocycles. The van der Waals surface area contributed by atoms with Crippen LogP contribution in [0.2, 0.25) is 0 Å². The summed E-state index contributed by atoms with van der Waals surface area (Å²) in [6.45, 7) is 10.3. The van der Waals surface area contributed by atoms with Gasteiger partial charge in [-0.1, -0.05) is 18.2 Å². The van der Waals surface area contributed by atoms with Gasteiger partial charge in [0.25, 0.3) is 0 Å². The molecule has 0 radical (unpaired) electrons. The van der Waals surface area contributed by atoms with Crippen LogP contribution in [0.25, 0.3) is 12.3 Å². The van der Waals surface area contributed by atoms with Crippen LogP contribution in [0, 0.1) is 18.8 Å². The number of carbonyl (C=O) groups is 2. The summed E-state index contributed by atoms with van der Waals surface area (Å²) in [5, 5.41) is 1.93. The van der Waals surface area contributed by atoms with Crippen molar-refractivity contribution >= 4 is 30.0 Å². The van der Waals surface area contributed by atoms with E-state index in [4.69, 9.17) is 18.9 Å². The Kier molecular flexibility index (Phi) is 8.64. The van der Waals surface area contributed by atoms with Gasteiger partial charge >= 0.3 is 12.1 Å². The summed E-state index contributed by atoms with van der Waals surface area (Å²) in [4.78, 5) is 29.9. The minimum absolute atomic E-state index is 0.0505. The lowest BCUT2D eigenvalue weighted by Gasteiger charge is -2.39. The van der Waals surface area contributed by atoms with E-state index in [1.807, 2.05) is 45.9 Å². The molecule has 0 bridgehead atoms. The molecule has 2 atom stereocenters. The monoisotopic (exact) mass is 602 g/mol. The molecule has 236 valence electrons. The third-order valence-electron chi connectivity index (χ3n) is 8.95. The van der Waals surface area contributed by atoms with Crippen LogP contribution in [0.1, 0.15) is 86.8 Å². The predicted octanol–water partition coefficient (Wildman–Crippen LogP) is 5.48. The van der Waals surface area contributed by atoms with E-state index < -0.39 is 5.60 Å². The first-order valence-corrected chi connectivity index (χ1v) is 16.1. The Morgan fingerprint density at radius 1 is 1.00 bits per heavy atom. The quantitative estimate of drug-likeness (QED) is 0.352. The Morgan fingerprint density at radius 3 is 2.36 bits per heavy atom.